The van der Waals surface area contributed by atoms with Crippen LogP contribution in [0.3, 0.4) is 0 Å². The summed E-state index contributed by atoms with van der Waals surface area (Å²) in [6, 6.07) is 9.13. The van der Waals surface area contributed by atoms with E-state index in [-0.39, 0.29) is 19.0 Å². The van der Waals surface area contributed by atoms with Crippen molar-refractivity contribution in [2.75, 3.05) is 13.4 Å². The maximum Gasteiger partial charge on any atom is 0.338 e. The first-order valence-corrected chi connectivity index (χ1v) is 16.1. The second-order valence-corrected chi connectivity index (χ2v) is 13.0. The van der Waals surface area contributed by atoms with Crippen LogP contribution in [0.2, 0.25) is 0 Å². The lowest BCUT2D eigenvalue weighted by Crippen LogP contribution is -2.40. The molecule has 0 unspecified atom stereocenters. The molecule has 0 spiro atoms. The Kier molecular flexibility index (Phi) is 7.82. The molecule has 9 nitrogen and oxygen atoms in total. The molecule has 0 radical (unpaired) electrons. The molecule has 2 aliphatic heterocycles. The van der Waals surface area contributed by atoms with Gasteiger partial charge in [-0.15, -0.1) is 11.3 Å². The summed E-state index contributed by atoms with van der Waals surface area (Å²) in [7, 11) is 0. The lowest BCUT2D eigenvalue weighted by Gasteiger charge is -2.25. The van der Waals surface area contributed by atoms with Crippen LogP contribution in [0.5, 0.6) is 11.5 Å². The highest BCUT2D eigenvalue weighted by Crippen LogP contribution is 2.39. The van der Waals surface area contributed by atoms with Gasteiger partial charge in [0.2, 0.25) is 6.79 Å². The summed E-state index contributed by atoms with van der Waals surface area (Å²) in [4.78, 5) is 34.2. The van der Waals surface area contributed by atoms with Gasteiger partial charge in [-0.1, -0.05) is 30.7 Å². The van der Waals surface area contributed by atoms with Gasteiger partial charge in [-0.05, 0) is 82.0 Å². The molecule has 44 heavy (non-hydrogen) atoms. The molecule has 0 amide bonds. The number of aromatic nitrogens is 2. The first kappa shape index (κ1) is 29.7. The third-order valence-corrected chi connectivity index (χ3v) is 10.2. The van der Waals surface area contributed by atoms with E-state index in [0.29, 0.717) is 49.7 Å². The molecule has 0 saturated heterocycles. The number of rotatable bonds is 7. The zero-order chi connectivity index (χ0) is 31.3. The minimum atomic E-state index is -0.744. The first-order valence-electron chi connectivity index (χ1n) is 14.5. The summed E-state index contributed by atoms with van der Waals surface area (Å²) in [6.45, 7) is 12.1. The van der Waals surface area contributed by atoms with Crippen molar-refractivity contribution >= 4 is 34.7 Å². The zero-order valence-electron chi connectivity index (χ0n) is 25.4. The number of hydrogen-bond donors (Lipinski definition) is 0. The number of nitriles is 1. The van der Waals surface area contributed by atoms with Gasteiger partial charge in [0.1, 0.15) is 11.1 Å². The van der Waals surface area contributed by atoms with E-state index in [2.05, 4.69) is 10.6 Å². The maximum absolute atomic E-state index is 14.3. The number of carbonyl (C=O) groups excluding carboxylic acids is 1. The molecule has 0 aliphatic carbocycles. The van der Waals surface area contributed by atoms with E-state index in [1.807, 2.05) is 58.9 Å². The Morgan fingerprint density at radius 2 is 1.93 bits per heavy atom. The summed E-state index contributed by atoms with van der Waals surface area (Å²) in [5, 5.41) is 10.8. The second-order valence-electron chi connectivity index (χ2n) is 10.8. The van der Waals surface area contributed by atoms with Gasteiger partial charge in [0.25, 0.3) is 5.56 Å². The average molecular weight is 629 g/mol. The number of aryl methyl sites for hydroxylation is 2. The number of benzene rings is 1. The summed E-state index contributed by atoms with van der Waals surface area (Å²) in [5.74, 6) is 0.683. The lowest BCUT2D eigenvalue weighted by molar-refractivity contribution is -0.139. The van der Waals surface area contributed by atoms with Crippen LogP contribution in [0.25, 0.3) is 11.1 Å². The van der Waals surface area contributed by atoms with E-state index in [0.717, 1.165) is 38.8 Å². The maximum atomic E-state index is 14.3. The smallest absolute Gasteiger partial charge is 0.338 e. The molecule has 3 aromatic heterocycles. The van der Waals surface area contributed by atoms with Crippen LogP contribution < -0.4 is 24.4 Å². The molecule has 0 bridgehead atoms. The highest BCUT2D eigenvalue weighted by Gasteiger charge is 2.35. The van der Waals surface area contributed by atoms with Crippen LogP contribution in [0, 0.1) is 39.0 Å². The third-order valence-electron chi connectivity index (χ3n) is 8.04. The van der Waals surface area contributed by atoms with Gasteiger partial charge in [0, 0.05) is 16.3 Å². The van der Waals surface area contributed by atoms with Crippen LogP contribution in [0.4, 0.5) is 0 Å². The second kappa shape index (κ2) is 11.6. The Bertz CT molecular complexity index is 2090. The van der Waals surface area contributed by atoms with E-state index in [9.17, 15) is 14.9 Å². The number of thiazole rings is 1. The molecule has 0 saturated carbocycles. The van der Waals surface area contributed by atoms with Crippen molar-refractivity contribution in [2.24, 2.45) is 4.99 Å². The van der Waals surface area contributed by atoms with Gasteiger partial charge in [-0.2, -0.15) is 5.26 Å². The van der Waals surface area contributed by atoms with E-state index in [1.165, 1.54) is 11.3 Å². The van der Waals surface area contributed by atoms with Crippen molar-refractivity contribution in [1.29, 1.82) is 5.26 Å². The fourth-order valence-electron chi connectivity index (χ4n) is 5.81. The van der Waals surface area contributed by atoms with Gasteiger partial charge >= 0.3 is 5.97 Å². The van der Waals surface area contributed by atoms with E-state index in [4.69, 9.17) is 19.2 Å². The largest absolute Gasteiger partial charge is 0.463 e. The molecular formula is C33H32N4O5S2. The number of fused-ring (bicyclic) bond motifs is 2. The Morgan fingerprint density at radius 3 is 2.66 bits per heavy atom. The van der Waals surface area contributed by atoms with Crippen LogP contribution in [-0.4, -0.2) is 28.5 Å². The Hall–Kier alpha value is -4.40. The predicted octanol–water partition coefficient (Wildman–Crippen LogP) is 5.26. The van der Waals surface area contributed by atoms with Crippen LogP contribution >= 0.6 is 22.7 Å². The molecule has 1 aromatic carbocycles. The van der Waals surface area contributed by atoms with Gasteiger partial charge in [0.05, 0.1) is 34.0 Å². The number of nitrogens with zero attached hydrogens (tertiary/aromatic N) is 4. The molecule has 1 atom stereocenters. The Labute approximate surface area is 262 Å². The van der Waals surface area contributed by atoms with Gasteiger partial charge in [0.15, 0.2) is 16.3 Å². The molecule has 0 fully saturated rings. The van der Waals surface area contributed by atoms with E-state index < -0.39 is 12.0 Å². The van der Waals surface area contributed by atoms with Crippen molar-refractivity contribution in [3.05, 3.63) is 93.7 Å². The fourth-order valence-corrected chi connectivity index (χ4v) is 8.03. The van der Waals surface area contributed by atoms with Crippen LogP contribution in [-0.2, 0) is 9.53 Å². The zero-order valence-corrected chi connectivity index (χ0v) is 27.1. The van der Waals surface area contributed by atoms with Gasteiger partial charge < -0.3 is 18.8 Å². The summed E-state index contributed by atoms with van der Waals surface area (Å²) >= 11 is 2.89. The monoisotopic (exact) mass is 628 g/mol. The number of thiophene rings is 1. The third kappa shape index (κ3) is 4.78. The van der Waals surface area contributed by atoms with Crippen LogP contribution in [0.15, 0.2) is 45.3 Å². The van der Waals surface area contributed by atoms with Gasteiger partial charge in [-0.3, -0.25) is 9.36 Å². The molecule has 2 aliphatic rings. The minimum absolute atomic E-state index is 0.113. The summed E-state index contributed by atoms with van der Waals surface area (Å²) in [5.41, 5.74) is 5.85. The lowest BCUT2D eigenvalue weighted by atomic mass is 9.94. The van der Waals surface area contributed by atoms with E-state index >= 15 is 0 Å². The highest BCUT2D eigenvalue weighted by molar-refractivity contribution is 7.15. The highest BCUT2D eigenvalue weighted by atomic mass is 32.1. The quantitative estimate of drug-likeness (QED) is 0.258. The average Bonchev–Trinajstić information content (AvgIpc) is 3.73. The Balaban J connectivity index is 1.56. The molecule has 226 valence electrons. The molecular weight excluding hydrogens is 597 g/mol. The Morgan fingerprint density at radius 1 is 1.16 bits per heavy atom. The minimum Gasteiger partial charge on any atom is -0.463 e. The fraction of sp³-hybridized carbons (Fsp3) is 0.333. The van der Waals surface area contributed by atoms with E-state index in [1.54, 1.807) is 28.9 Å². The van der Waals surface area contributed by atoms with Crippen LogP contribution in [0.1, 0.15) is 71.2 Å². The molecule has 5 heterocycles. The molecule has 6 rings (SSSR count). The molecule has 4 aromatic rings. The predicted molar refractivity (Wildman–Crippen MR) is 170 cm³/mol. The number of esters is 1. The van der Waals surface area contributed by atoms with Crippen molar-refractivity contribution < 1.29 is 19.0 Å². The molecule has 11 heteroatoms. The number of hydrogen-bond acceptors (Lipinski definition) is 9. The topological polar surface area (TPSA) is 108 Å². The SMILES string of the molecule is CCCC1=C(C(=O)OCC)[C@H](c2ccc3c(c2)OCO3)n2c(s/c(=C/c3cc(C)n(-c4sc(C)c(C)c4C#N)c3C)c2=O)=N1. The first-order chi connectivity index (χ1) is 21.2. The summed E-state index contributed by atoms with van der Waals surface area (Å²) < 4.78 is 20.8. The van der Waals surface area contributed by atoms with Crippen molar-refractivity contribution in [3.8, 4) is 22.6 Å². The number of ether oxygens (including phenoxy) is 3. The molecule has 0 N–H and O–H groups in total. The van der Waals surface area contributed by atoms with Gasteiger partial charge in [-0.25, -0.2) is 9.79 Å². The number of allylic oxidation sites excluding steroid dienone is 1. The normalized spacial score (nSPS) is 15.8. The van der Waals surface area contributed by atoms with Crippen molar-refractivity contribution in [2.45, 2.75) is 60.4 Å². The van der Waals surface area contributed by atoms with Crippen molar-refractivity contribution in [1.82, 2.24) is 9.13 Å². The standard InChI is InChI=1S/C33H32N4O5S2/c1-7-9-24-28(32(39)40-8-2)29(21-10-11-25-26(13-21)42-16-41-25)37-30(38)27(44-33(37)35-24)14-22-12-17(3)36(19(22)5)31-23(15-34)18(4)20(6)43-31/h10-14,29H,7-9,16H2,1-6H3/b27-14+/t29-/m0/s1. The van der Waals surface area contributed by atoms with Crippen molar-refractivity contribution in [3.63, 3.8) is 0 Å². The number of carbonyl (C=O) groups is 1. The summed E-state index contributed by atoms with van der Waals surface area (Å²) in [6.07, 6.45) is 3.21.